The zero-order chi connectivity index (χ0) is 15.7. The van der Waals surface area contributed by atoms with E-state index in [9.17, 15) is 4.79 Å². The van der Waals surface area contributed by atoms with Crippen molar-refractivity contribution in [2.75, 3.05) is 6.61 Å². The van der Waals surface area contributed by atoms with Crippen molar-refractivity contribution >= 4 is 11.8 Å². The lowest BCUT2D eigenvalue weighted by Gasteiger charge is -2.11. The molecule has 2 heterocycles. The van der Waals surface area contributed by atoms with Gasteiger partial charge in [-0.15, -0.1) is 0 Å². The van der Waals surface area contributed by atoms with Crippen LogP contribution < -0.4 is 4.74 Å². The summed E-state index contributed by atoms with van der Waals surface area (Å²) >= 11 is 0. The van der Waals surface area contributed by atoms with Gasteiger partial charge in [0.05, 0.1) is 12.3 Å². The van der Waals surface area contributed by atoms with Crippen molar-refractivity contribution in [3.05, 3.63) is 59.4 Å². The molecule has 0 saturated heterocycles. The summed E-state index contributed by atoms with van der Waals surface area (Å²) in [5.41, 5.74) is 5.85. The van der Waals surface area contributed by atoms with E-state index in [4.69, 9.17) is 4.74 Å². The normalized spacial score (nSPS) is 10.9. The Morgan fingerprint density at radius 1 is 1.05 bits per heavy atom. The van der Waals surface area contributed by atoms with Gasteiger partial charge in [0.15, 0.2) is 6.29 Å². The van der Waals surface area contributed by atoms with Crippen LogP contribution in [-0.4, -0.2) is 17.3 Å². The fourth-order valence-electron chi connectivity index (χ4n) is 2.78. The smallest absolute Gasteiger partial charge is 0.167 e. The van der Waals surface area contributed by atoms with Gasteiger partial charge >= 0.3 is 0 Å². The SMILES string of the molecule is CCOc1ccc(C)cc1-c1cc2cc(C)ccn2c1C=O. The summed E-state index contributed by atoms with van der Waals surface area (Å²) < 4.78 is 7.66. The van der Waals surface area contributed by atoms with Crippen molar-refractivity contribution in [1.82, 2.24) is 4.40 Å². The fraction of sp³-hybridized carbons (Fsp3) is 0.211. The molecule has 0 aliphatic heterocycles. The number of carbonyl (C=O) groups excluding carboxylic acids is 1. The maximum atomic E-state index is 11.7. The summed E-state index contributed by atoms with van der Waals surface area (Å²) in [4.78, 5) is 11.7. The quantitative estimate of drug-likeness (QED) is 0.666. The van der Waals surface area contributed by atoms with Crippen LogP contribution in [0.1, 0.15) is 28.5 Å². The molecule has 3 heteroatoms. The summed E-state index contributed by atoms with van der Waals surface area (Å²) in [5, 5.41) is 0. The molecule has 0 spiro atoms. The summed E-state index contributed by atoms with van der Waals surface area (Å²) in [7, 11) is 0. The Balaban J connectivity index is 2.30. The van der Waals surface area contributed by atoms with Gasteiger partial charge in [-0.1, -0.05) is 11.6 Å². The number of aryl methyl sites for hydroxylation is 2. The number of nitrogens with zero attached hydrogens (tertiary/aromatic N) is 1. The number of rotatable bonds is 4. The van der Waals surface area contributed by atoms with E-state index in [1.54, 1.807) is 0 Å². The summed E-state index contributed by atoms with van der Waals surface area (Å²) in [6.07, 6.45) is 2.85. The number of ether oxygens (including phenoxy) is 1. The number of fused-ring (bicyclic) bond motifs is 1. The number of aldehydes is 1. The number of benzene rings is 1. The maximum absolute atomic E-state index is 11.7. The molecule has 0 unspecified atom stereocenters. The Kier molecular flexibility index (Phi) is 3.72. The molecule has 0 aliphatic rings. The Morgan fingerprint density at radius 3 is 2.55 bits per heavy atom. The Hall–Kier alpha value is -2.55. The molecule has 112 valence electrons. The van der Waals surface area contributed by atoms with Gasteiger partial charge in [0, 0.05) is 22.8 Å². The van der Waals surface area contributed by atoms with Crippen molar-refractivity contribution in [2.24, 2.45) is 0 Å². The lowest BCUT2D eigenvalue weighted by atomic mass is 10.0. The Morgan fingerprint density at radius 2 is 1.82 bits per heavy atom. The zero-order valence-corrected chi connectivity index (χ0v) is 13.1. The molecule has 3 aromatic rings. The molecular formula is C19H19NO2. The maximum Gasteiger partial charge on any atom is 0.167 e. The van der Waals surface area contributed by atoms with Gasteiger partial charge < -0.3 is 9.14 Å². The molecule has 0 saturated carbocycles. The van der Waals surface area contributed by atoms with Crippen molar-refractivity contribution in [3.8, 4) is 16.9 Å². The van der Waals surface area contributed by atoms with Crippen molar-refractivity contribution in [1.29, 1.82) is 0 Å². The topological polar surface area (TPSA) is 30.7 Å². The van der Waals surface area contributed by atoms with Gasteiger partial charge in [-0.3, -0.25) is 4.79 Å². The van der Waals surface area contributed by atoms with Crippen LogP contribution in [0.15, 0.2) is 42.6 Å². The van der Waals surface area contributed by atoms with E-state index in [2.05, 4.69) is 12.1 Å². The van der Waals surface area contributed by atoms with Crippen LogP contribution in [0.2, 0.25) is 0 Å². The first-order valence-corrected chi connectivity index (χ1v) is 7.44. The highest BCUT2D eigenvalue weighted by molar-refractivity contribution is 5.91. The van der Waals surface area contributed by atoms with E-state index in [-0.39, 0.29) is 0 Å². The van der Waals surface area contributed by atoms with E-state index in [1.165, 1.54) is 5.56 Å². The average molecular weight is 293 g/mol. The van der Waals surface area contributed by atoms with Gasteiger partial charge in [-0.05, 0) is 56.7 Å². The van der Waals surface area contributed by atoms with Crippen LogP contribution in [0, 0.1) is 13.8 Å². The first kappa shape index (κ1) is 14.4. The standard InChI is InChI=1S/C19H19NO2/c1-4-22-19-6-5-13(2)10-17(19)16-11-15-9-14(3)7-8-20(15)18(16)12-21/h5-12H,4H2,1-3H3. The number of hydrogen-bond acceptors (Lipinski definition) is 2. The molecule has 0 atom stereocenters. The molecule has 0 aliphatic carbocycles. The molecule has 3 rings (SSSR count). The second kappa shape index (κ2) is 5.68. The Bertz CT molecular complexity index is 846. The second-order valence-corrected chi connectivity index (χ2v) is 5.49. The molecule has 3 nitrogen and oxygen atoms in total. The highest BCUT2D eigenvalue weighted by Gasteiger charge is 2.15. The summed E-state index contributed by atoms with van der Waals surface area (Å²) in [6, 6.07) is 12.2. The Labute approximate surface area is 130 Å². The largest absolute Gasteiger partial charge is 0.493 e. The van der Waals surface area contributed by atoms with Gasteiger partial charge in [0.2, 0.25) is 0 Å². The van der Waals surface area contributed by atoms with Crippen molar-refractivity contribution < 1.29 is 9.53 Å². The molecule has 0 bridgehead atoms. The molecule has 1 aromatic carbocycles. The van der Waals surface area contributed by atoms with Gasteiger partial charge in [0.1, 0.15) is 5.75 Å². The average Bonchev–Trinajstić information content (AvgIpc) is 2.86. The first-order valence-electron chi connectivity index (χ1n) is 7.44. The minimum atomic E-state index is 0.596. The van der Waals surface area contributed by atoms with Crippen LogP contribution in [-0.2, 0) is 0 Å². The number of pyridine rings is 1. The number of aromatic nitrogens is 1. The summed E-state index contributed by atoms with van der Waals surface area (Å²) in [6.45, 7) is 6.65. The lowest BCUT2D eigenvalue weighted by Crippen LogP contribution is -1.97. The molecular weight excluding hydrogens is 274 g/mol. The van der Waals surface area contributed by atoms with Gasteiger partial charge in [-0.25, -0.2) is 0 Å². The van der Waals surface area contributed by atoms with Crippen molar-refractivity contribution in [3.63, 3.8) is 0 Å². The highest BCUT2D eigenvalue weighted by Crippen LogP contribution is 2.35. The molecule has 0 N–H and O–H groups in total. The highest BCUT2D eigenvalue weighted by atomic mass is 16.5. The lowest BCUT2D eigenvalue weighted by molar-refractivity contribution is 0.111. The molecule has 2 aromatic heterocycles. The second-order valence-electron chi connectivity index (χ2n) is 5.49. The fourth-order valence-corrected chi connectivity index (χ4v) is 2.78. The summed E-state index contributed by atoms with van der Waals surface area (Å²) in [5.74, 6) is 0.809. The van der Waals surface area contributed by atoms with E-state index in [0.29, 0.717) is 12.3 Å². The third kappa shape index (κ3) is 2.39. The van der Waals surface area contributed by atoms with Crippen LogP contribution in [0.25, 0.3) is 16.6 Å². The molecule has 22 heavy (non-hydrogen) atoms. The molecule has 0 fully saturated rings. The third-order valence-electron chi connectivity index (χ3n) is 3.80. The first-order chi connectivity index (χ1) is 10.6. The van der Waals surface area contributed by atoms with Gasteiger partial charge in [0.25, 0.3) is 0 Å². The predicted octanol–water partition coefficient (Wildman–Crippen LogP) is 4.43. The van der Waals surface area contributed by atoms with Crippen LogP contribution in [0.5, 0.6) is 5.75 Å². The van der Waals surface area contributed by atoms with E-state index >= 15 is 0 Å². The molecule has 0 radical (unpaired) electrons. The van der Waals surface area contributed by atoms with Crippen LogP contribution in [0.4, 0.5) is 0 Å². The zero-order valence-electron chi connectivity index (χ0n) is 13.1. The van der Waals surface area contributed by atoms with Crippen LogP contribution >= 0.6 is 0 Å². The van der Waals surface area contributed by atoms with E-state index in [0.717, 1.165) is 34.2 Å². The predicted molar refractivity (Wildman–Crippen MR) is 88.9 cm³/mol. The van der Waals surface area contributed by atoms with Gasteiger partial charge in [-0.2, -0.15) is 0 Å². The molecule has 0 amide bonds. The van der Waals surface area contributed by atoms with Crippen LogP contribution in [0.3, 0.4) is 0 Å². The minimum Gasteiger partial charge on any atom is -0.493 e. The number of hydrogen-bond donors (Lipinski definition) is 0. The number of carbonyl (C=O) groups is 1. The minimum absolute atomic E-state index is 0.596. The van der Waals surface area contributed by atoms with Crippen molar-refractivity contribution in [2.45, 2.75) is 20.8 Å². The third-order valence-corrected chi connectivity index (χ3v) is 3.80. The van der Waals surface area contributed by atoms with E-state index < -0.39 is 0 Å². The van der Waals surface area contributed by atoms with E-state index in [1.807, 2.05) is 55.6 Å². The monoisotopic (exact) mass is 293 g/mol.